The lowest BCUT2D eigenvalue weighted by molar-refractivity contribution is 0.112. The number of hydrogen-bond acceptors (Lipinski definition) is 3. The summed E-state index contributed by atoms with van der Waals surface area (Å²) >= 11 is 0. The molecule has 0 amide bonds. The predicted molar refractivity (Wildman–Crippen MR) is 63.2 cm³/mol. The van der Waals surface area contributed by atoms with E-state index in [1.165, 1.54) is 13.2 Å². The Hall–Kier alpha value is -1.51. The van der Waals surface area contributed by atoms with E-state index in [4.69, 9.17) is 4.74 Å². The molecule has 88 valence electrons. The summed E-state index contributed by atoms with van der Waals surface area (Å²) in [7, 11) is 1.52. The Morgan fingerprint density at radius 2 is 2.19 bits per heavy atom. The van der Waals surface area contributed by atoms with Crippen molar-refractivity contribution in [3.63, 3.8) is 0 Å². The molecule has 0 heterocycles. The van der Waals surface area contributed by atoms with Crippen molar-refractivity contribution in [1.82, 2.24) is 0 Å². The average Bonchev–Trinajstić information content (AvgIpc) is 2.28. The van der Waals surface area contributed by atoms with Crippen LogP contribution in [0, 0.1) is 5.92 Å². The van der Waals surface area contributed by atoms with E-state index in [0.29, 0.717) is 17.2 Å². The topological polar surface area (TPSA) is 46.5 Å². The monoisotopic (exact) mass is 222 g/mol. The fraction of sp³-hybridized carbons (Fsp3) is 0.462. The van der Waals surface area contributed by atoms with Crippen LogP contribution in [0.5, 0.6) is 11.5 Å². The Balaban J connectivity index is 3.12. The molecule has 3 heteroatoms. The van der Waals surface area contributed by atoms with E-state index < -0.39 is 0 Å². The zero-order chi connectivity index (χ0) is 12.1. The smallest absolute Gasteiger partial charge is 0.163 e. The van der Waals surface area contributed by atoms with Crippen LogP contribution in [0.4, 0.5) is 0 Å². The highest BCUT2D eigenvalue weighted by atomic mass is 16.5. The summed E-state index contributed by atoms with van der Waals surface area (Å²) in [5.74, 6) is 1.01. The van der Waals surface area contributed by atoms with Gasteiger partial charge in [-0.3, -0.25) is 4.79 Å². The summed E-state index contributed by atoms with van der Waals surface area (Å²) in [6, 6.07) is 3.20. The number of hydrogen-bond donors (Lipinski definition) is 1. The molecule has 0 spiro atoms. The van der Waals surface area contributed by atoms with E-state index in [9.17, 15) is 9.90 Å². The first kappa shape index (κ1) is 12.6. The number of ether oxygens (including phenoxy) is 1. The summed E-state index contributed by atoms with van der Waals surface area (Å²) in [4.78, 5) is 10.7. The average molecular weight is 222 g/mol. The molecule has 1 rings (SSSR count). The third kappa shape index (κ3) is 2.75. The first-order chi connectivity index (χ1) is 7.62. The molecule has 0 aliphatic rings. The van der Waals surface area contributed by atoms with Gasteiger partial charge in [0.15, 0.2) is 11.5 Å². The molecule has 1 unspecified atom stereocenters. The Labute approximate surface area is 96.1 Å². The summed E-state index contributed by atoms with van der Waals surface area (Å²) < 4.78 is 5.16. The molecule has 0 saturated carbocycles. The maximum absolute atomic E-state index is 10.7. The van der Waals surface area contributed by atoms with Crippen molar-refractivity contribution in [2.45, 2.75) is 26.7 Å². The van der Waals surface area contributed by atoms with E-state index in [-0.39, 0.29) is 5.75 Å². The van der Waals surface area contributed by atoms with Gasteiger partial charge in [0.25, 0.3) is 0 Å². The van der Waals surface area contributed by atoms with Crippen LogP contribution in [0.2, 0.25) is 0 Å². The van der Waals surface area contributed by atoms with Gasteiger partial charge in [-0.15, -0.1) is 0 Å². The van der Waals surface area contributed by atoms with E-state index in [1.54, 1.807) is 6.07 Å². The van der Waals surface area contributed by atoms with Gasteiger partial charge in [0.1, 0.15) is 6.29 Å². The van der Waals surface area contributed by atoms with Gasteiger partial charge in [0.05, 0.1) is 7.11 Å². The maximum Gasteiger partial charge on any atom is 0.163 e. The lowest BCUT2D eigenvalue weighted by Gasteiger charge is -2.14. The number of phenolic OH excluding ortho intramolecular Hbond substituents is 1. The number of carbonyl (C=O) groups is 1. The molecule has 0 saturated heterocycles. The van der Waals surface area contributed by atoms with Crippen LogP contribution >= 0.6 is 0 Å². The number of aromatic hydroxyl groups is 1. The van der Waals surface area contributed by atoms with Crippen molar-refractivity contribution < 1.29 is 14.6 Å². The van der Waals surface area contributed by atoms with Crippen LogP contribution in [-0.4, -0.2) is 18.5 Å². The molecule has 0 aliphatic carbocycles. The SMILES string of the molecule is CCC(C)Cc1cc(C=O)cc(O)c1OC. The molecule has 0 aromatic heterocycles. The largest absolute Gasteiger partial charge is 0.504 e. The minimum absolute atomic E-state index is 0.0328. The van der Waals surface area contributed by atoms with Crippen molar-refractivity contribution in [3.05, 3.63) is 23.3 Å². The van der Waals surface area contributed by atoms with Crippen LogP contribution in [-0.2, 0) is 6.42 Å². The van der Waals surface area contributed by atoms with Gasteiger partial charge in [-0.05, 0) is 30.0 Å². The fourth-order valence-electron chi connectivity index (χ4n) is 1.67. The zero-order valence-corrected chi connectivity index (χ0v) is 9.99. The van der Waals surface area contributed by atoms with Gasteiger partial charge < -0.3 is 9.84 Å². The van der Waals surface area contributed by atoms with E-state index in [1.807, 2.05) is 0 Å². The Morgan fingerprint density at radius 1 is 1.50 bits per heavy atom. The van der Waals surface area contributed by atoms with Gasteiger partial charge in [-0.2, -0.15) is 0 Å². The van der Waals surface area contributed by atoms with E-state index >= 15 is 0 Å². The van der Waals surface area contributed by atoms with Crippen molar-refractivity contribution in [2.24, 2.45) is 5.92 Å². The summed E-state index contributed by atoms with van der Waals surface area (Å²) in [6.45, 7) is 4.24. The second-order valence-corrected chi connectivity index (χ2v) is 4.07. The molecular formula is C13H18O3. The molecule has 0 aliphatic heterocycles. The van der Waals surface area contributed by atoms with Crippen molar-refractivity contribution >= 4 is 6.29 Å². The minimum Gasteiger partial charge on any atom is -0.504 e. The van der Waals surface area contributed by atoms with Gasteiger partial charge in [0.2, 0.25) is 0 Å². The lowest BCUT2D eigenvalue weighted by atomic mass is 9.96. The predicted octanol–water partition coefficient (Wildman–Crippen LogP) is 2.80. The van der Waals surface area contributed by atoms with Gasteiger partial charge in [0, 0.05) is 5.56 Å². The molecule has 0 radical (unpaired) electrons. The Morgan fingerprint density at radius 3 is 2.69 bits per heavy atom. The van der Waals surface area contributed by atoms with Crippen LogP contribution in [0.1, 0.15) is 36.2 Å². The molecule has 3 nitrogen and oxygen atoms in total. The molecule has 1 N–H and O–H groups in total. The molecule has 1 atom stereocenters. The molecule has 16 heavy (non-hydrogen) atoms. The highest BCUT2D eigenvalue weighted by molar-refractivity contribution is 5.77. The Kier molecular flexibility index (Phi) is 4.35. The summed E-state index contributed by atoms with van der Waals surface area (Å²) in [5, 5.41) is 9.70. The third-order valence-corrected chi connectivity index (χ3v) is 2.77. The normalized spacial score (nSPS) is 12.2. The maximum atomic E-state index is 10.7. The molecule has 1 aromatic carbocycles. The first-order valence-electron chi connectivity index (χ1n) is 5.47. The number of benzene rings is 1. The zero-order valence-electron chi connectivity index (χ0n) is 9.99. The third-order valence-electron chi connectivity index (χ3n) is 2.77. The van der Waals surface area contributed by atoms with Crippen molar-refractivity contribution in [1.29, 1.82) is 0 Å². The number of carbonyl (C=O) groups excluding carboxylic acids is 1. The standard InChI is InChI=1S/C13H18O3/c1-4-9(2)5-11-6-10(8-14)7-12(15)13(11)16-3/h6-9,15H,4-5H2,1-3H3. The van der Waals surface area contributed by atoms with Crippen LogP contribution in [0.3, 0.4) is 0 Å². The second kappa shape index (κ2) is 5.54. The second-order valence-electron chi connectivity index (χ2n) is 4.07. The van der Waals surface area contributed by atoms with Crippen LogP contribution in [0.15, 0.2) is 12.1 Å². The fourth-order valence-corrected chi connectivity index (χ4v) is 1.67. The first-order valence-corrected chi connectivity index (χ1v) is 5.47. The van der Waals surface area contributed by atoms with E-state index in [0.717, 1.165) is 24.7 Å². The lowest BCUT2D eigenvalue weighted by Crippen LogP contribution is -2.01. The summed E-state index contributed by atoms with van der Waals surface area (Å²) in [6.07, 6.45) is 2.59. The van der Waals surface area contributed by atoms with E-state index in [2.05, 4.69) is 13.8 Å². The number of methoxy groups -OCH3 is 1. The summed E-state index contributed by atoms with van der Waals surface area (Å²) in [5.41, 5.74) is 1.37. The Bertz CT molecular complexity index is 372. The quantitative estimate of drug-likeness (QED) is 0.779. The molecule has 1 aromatic rings. The van der Waals surface area contributed by atoms with Crippen LogP contribution < -0.4 is 4.74 Å². The highest BCUT2D eigenvalue weighted by Gasteiger charge is 2.12. The van der Waals surface area contributed by atoms with Gasteiger partial charge in [-0.25, -0.2) is 0 Å². The highest BCUT2D eigenvalue weighted by Crippen LogP contribution is 2.33. The number of phenols is 1. The number of rotatable bonds is 5. The van der Waals surface area contributed by atoms with Crippen LogP contribution in [0.25, 0.3) is 0 Å². The van der Waals surface area contributed by atoms with Crippen molar-refractivity contribution in [3.8, 4) is 11.5 Å². The molecule has 0 bridgehead atoms. The minimum atomic E-state index is 0.0328. The van der Waals surface area contributed by atoms with Gasteiger partial charge >= 0.3 is 0 Å². The molecular weight excluding hydrogens is 204 g/mol. The molecule has 0 fully saturated rings. The van der Waals surface area contributed by atoms with Crippen molar-refractivity contribution in [2.75, 3.05) is 7.11 Å². The number of aldehydes is 1. The van der Waals surface area contributed by atoms with Gasteiger partial charge in [-0.1, -0.05) is 20.3 Å².